The Balaban J connectivity index is 0.000000457. The van der Waals surface area contributed by atoms with Gasteiger partial charge in [-0.2, -0.15) is 0 Å². The molecule has 0 radical (unpaired) electrons. The maximum Gasteiger partial charge on any atom is 0.0308 e. The number of pyridine rings is 1. The molecule has 0 saturated heterocycles. The van der Waals surface area contributed by atoms with Crippen LogP contribution >= 0.6 is 0 Å². The fourth-order valence-electron chi connectivity index (χ4n) is 3.62. The monoisotopic (exact) mass is 217 g/mol. The normalized spacial score (nSPS) is 35.0. The number of fused-ring (bicyclic) bond motifs is 5. The van der Waals surface area contributed by atoms with Crippen molar-refractivity contribution in [1.29, 1.82) is 0 Å². The molecule has 0 amide bonds. The third kappa shape index (κ3) is 1.41. The summed E-state index contributed by atoms with van der Waals surface area (Å²) in [4.78, 5) is 4.30. The quantitative estimate of drug-likeness (QED) is 0.632. The van der Waals surface area contributed by atoms with Crippen molar-refractivity contribution in [2.24, 2.45) is 5.92 Å². The van der Waals surface area contributed by atoms with E-state index in [0.29, 0.717) is 5.41 Å². The summed E-state index contributed by atoms with van der Waals surface area (Å²) in [6.07, 6.45) is 8.18. The molecule has 1 saturated carbocycles. The summed E-state index contributed by atoms with van der Waals surface area (Å²) in [5, 5.41) is 0. The van der Waals surface area contributed by atoms with Crippen LogP contribution in [0.4, 0.5) is 0 Å². The van der Waals surface area contributed by atoms with Gasteiger partial charge in [0, 0.05) is 12.4 Å². The van der Waals surface area contributed by atoms with E-state index in [-0.39, 0.29) is 0 Å². The van der Waals surface area contributed by atoms with Gasteiger partial charge in [-0.25, -0.2) is 0 Å². The van der Waals surface area contributed by atoms with Gasteiger partial charge < -0.3 is 0 Å². The Morgan fingerprint density at radius 2 is 2.12 bits per heavy atom. The molecule has 3 unspecified atom stereocenters. The van der Waals surface area contributed by atoms with Crippen LogP contribution in [0.1, 0.15) is 64.0 Å². The minimum atomic E-state index is 0.423. The first kappa shape index (κ1) is 11.6. The first-order valence-corrected chi connectivity index (χ1v) is 6.68. The van der Waals surface area contributed by atoms with Crippen LogP contribution in [0.5, 0.6) is 0 Å². The molecule has 2 bridgehead atoms. The van der Waals surface area contributed by atoms with Crippen molar-refractivity contribution in [2.45, 2.75) is 58.3 Å². The zero-order valence-electron chi connectivity index (χ0n) is 11.0. The zero-order chi connectivity index (χ0) is 11.8. The lowest BCUT2D eigenvalue weighted by atomic mass is 9.67. The third-order valence-corrected chi connectivity index (χ3v) is 4.69. The second-order valence-corrected chi connectivity index (χ2v) is 5.17. The van der Waals surface area contributed by atoms with Crippen LogP contribution in [0.25, 0.3) is 0 Å². The predicted molar refractivity (Wildman–Crippen MR) is 68.7 cm³/mol. The van der Waals surface area contributed by atoms with Crippen LogP contribution in [0.15, 0.2) is 18.5 Å². The van der Waals surface area contributed by atoms with E-state index in [0.717, 1.165) is 11.8 Å². The molecule has 0 spiro atoms. The Morgan fingerprint density at radius 1 is 1.38 bits per heavy atom. The molecule has 16 heavy (non-hydrogen) atoms. The highest BCUT2D eigenvalue weighted by Crippen LogP contribution is 2.57. The van der Waals surface area contributed by atoms with Gasteiger partial charge in [-0.3, -0.25) is 4.98 Å². The highest BCUT2D eigenvalue weighted by molar-refractivity contribution is 5.42. The Bertz CT molecular complexity index is 371. The van der Waals surface area contributed by atoms with Crippen LogP contribution in [0.2, 0.25) is 0 Å². The third-order valence-electron chi connectivity index (χ3n) is 4.69. The molecule has 1 heterocycles. The zero-order valence-corrected chi connectivity index (χ0v) is 11.0. The highest BCUT2D eigenvalue weighted by atomic mass is 14.7. The van der Waals surface area contributed by atoms with E-state index < -0.39 is 0 Å². The van der Waals surface area contributed by atoms with Gasteiger partial charge in [-0.15, -0.1) is 0 Å². The first-order valence-electron chi connectivity index (χ1n) is 6.68. The molecule has 3 rings (SSSR count). The second kappa shape index (κ2) is 4.20. The van der Waals surface area contributed by atoms with Crippen LogP contribution < -0.4 is 0 Å². The molecule has 2 aliphatic rings. The van der Waals surface area contributed by atoms with Crippen LogP contribution in [-0.4, -0.2) is 4.98 Å². The highest BCUT2D eigenvalue weighted by Gasteiger charge is 2.48. The summed E-state index contributed by atoms with van der Waals surface area (Å²) < 4.78 is 0. The number of aromatic nitrogens is 1. The van der Waals surface area contributed by atoms with Gasteiger partial charge in [0.2, 0.25) is 0 Å². The maximum absolute atomic E-state index is 4.30. The molecule has 0 N–H and O–H groups in total. The molecule has 1 aromatic heterocycles. The van der Waals surface area contributed by atoms with Gasteiger partial charge >= 0.3 is 0 Å². The SMILES string of the molecule is CC.CC1C2CCCC1(C)c1cnccc12. The van der Waals surface area contributed by atoms with Gasteiger partial charge in [0.05, 0.1) is 0 Å². The molecule has 0 aromatic carbocycles. The van der Waals surface area contributed by atoms with Crippen molar-refractivity contribution in [3.8, 4) is 0 Å². The summed E-state index contributed by atoms with van der Waals surface area (Å²) in [6.45, 7) is 8.85. The van der Waals surface area contributed by atoms with Gasteiger partial charge in [0.15, 0.2) is 0 Å². The molecule has 0 aliphatic heterocycles. The smallest absolute Gasteiger partial charge is 0.0308 e. The van der Waals surface area contributed by atoms with E-state index in [1.165, 1.54) is 24.8 Å². The number of hydrogen-bond acceptors (Lipinski definition) is 1. The predicted octanol–water partition coefficient (Wildman–Crippen LogP) is 4.28. The van der Waals surface area contributed by atoms with E-state index in [1.807, 2.05) is 20.0 Å². The molecule has 3 atom stereocenters. The number of hydrogen-bond donors (Lipinski definition) is 0. The Morgan fingerprint density at radius 3 is 2.88 bits per heavy atom. The van der Waals surface area contributed by atoms with Crippen molar-refractivity contribution in [1.82, 2.24) is 4.98 Å². The van der Waals surface area contributed by atoms with E-state index in [2.05, 4.69) is 31.1 Å². The van der Waals surface area contributed by atoms with Crippen molar-refractivity contribution in [3.63, 3.8) is 0 Å². The van der Waals surface area contributed by atoms with E-state index in [1.54, 1.807) is 5.56 Å². The van der Waals surface area contributed by atoms with Crippen LogP contribution in [0.3, 0.4) is 0 Å². The molecular formula is C15H23N. The first-order chi connectivity index (χ1) is 7.73. The lowest BCUT2D eigenvalue weighted by Gasteiger charge is -2.36. The summed E-state index contributed by atoms with van der Waals surface area (Å²) in [5.41, 5.74) is 3.55. The van der Waals surface area contributed by atoms with Gasteiger partial charge in [-0.1, -0.05) is 34.1 Å². The second-order valence-electron chi connectivity index (χ2n) is 5.17. The average Bonchev–Trinajstić information content (AvgIpc) is 2.48. The number of rotatable bonds is 0. The molecule has 88 valence electrons. The van der Waals surface area contributed by atoms with Crippen LogP contribution in [-0.2, 0) is 5.41 Å². The standard InChI is InChI=1S/C13H17N.C2H6/c1-9-10-4-3-6-13(9,2)12-8-14-7-5-11(10)12;1-2/h5,7-10H,3-4,6H2,1-2H3;1-2H3. The average molecular weight is 217 g/mol. The van der Waals surface area contributed by atoms with Crippen molar-refractivity contribution in [3.05, 3.63) is 29.6 Å². The topological polar surface area (TPSA) is 12.9 Å². The summed E-state index contributed by atoms with van der Waals surface area (Å²) in [7, 11) is 0. The van der Waals surface area contributed by atoms with Crippen molar-refractivity contribution >= 4 is 0 Å². The van der Waals surface area contributed by atoms with Gasteiger partial charge in [-0.05, 0) is 47.3 Å². The minimum absolute atomic E-state index is 0.423. The molecule has 1 fully saturated rings. The van der Waals surface area contributed by atoms with Crippen molar-refractivity contribution in [2.75, 3.05) is 0 Å². The van der Waals surface area contributed by atoms with Gasteiger partial charge in [0.1, 0.15) is 0 Å². The molecule has 1 aromatic rings. The fraction of sp³-hybridized carbons (Fsp3) is 0.667. The molecule has 2 aliphatic carbocycles. The molecule has 1 nitrogen and oxygen atoms in total. The number of nitrogens with zero attached hydrogens (tertiary/aromatic N) is 1. The van der Waals surface area contributed by atoms with Gasteiger partial charge in [0.25, 0.3) is 0 Å². The van der Waals surface area contributed by atoms with Crippen LogP contribution in [0, 0.1) is 5.92 Å². The van der Waals surface area contributed by atoms with E-state index >= 15 is 0 Å². The Labute approximate surface area is 99.3 Å². The fourth-order valence-corrected chi connectivity index (χ4v) is 3.62. The van der Waals surface area contributed by atoms with E-state index in [9.17, 15) is 0 Å². The summed E-state index contributed by atoms with van der Waals surface area (Å²) >= 11 is 0. The van der Waals surface area contributed by atoms with E-state index in [4.69, 9.17) is 0 Å². The summed E-state index contributed by atoms with van der Waals surface area (Å²) in [5.74, 6) is 1.63. The lowest BCUT2D eigenvalue weighted by molar-refractivity contribution is 0.223. The lowest BCUT2D eigenvalue weighted by Crippen LogP contribution is -2.30. The Hall–Kier alpha value is -0.850. The molecule has 1 heteroatoms. The van der Waals surface area contributed by atoms with Crippen molar-refractivity contribution < 1.29 is 0 Å². The maximum atomic E-state index is 4.30. The largest absolute Gasteiger partial charge is 0.264 e. The Kier molecular flexibility index (Phi) is 3.05. The molecular weight excluding hydrogens is 194 g/mol. The minimum Gasteiger partial charge on any atom is -0.264 e. The summed E-state index contributed by atoms with van der Waals surface area (Å²) in [6, 6.07) is 2.24.